The summed E-state index contributed by atoms with van der Waals surface area (Å²) < 4.78 is 5.19. The van der Waals surface area contributed by atoms with Gasteiger partial charge in [-0.3, -0.25) is 0 Å². The van der Waals surface area contributed by atoms with Gasteiger partial charge in [-0.05, 0) is 38.5 Å². The molecule has 1 aliphatic rings. The summed E-state index contributed by atoms with van der Waals surface area (Å²) >= 11 is 0. The van der Waals surface area contributed by atoms with Crippen LogP contribution >= 0.6 is 0 Å². The normalized spacial score (nSPS) is 15.2. The number of aromatic nitrogens is 1. The highest BCUT2D eigenvalue weighted by Crippen LogP contribution is 2.15. The van der Waals surface area contributed by atoms with Crippen LogP contribution in [0.1, 0.15) is 30.7 Å². The Kier molecular flexibility index (Phi) is 4.02. The van der Waals surface area contributed by atoms with Gasteiger partial charge in [0.25, 0.3) is 0 Å². The minimum atomic E-state index is 0.974. The lowest BCUT2D eigenvalue weighted by atomic mass is 10.0. The van der Waals surface area contributed by atoms with E-state index < -0.39 is 0 Å². The molecule has 0 bridgehead atoms. The number of rotatable bonds is 5. The van der Waals surface area contributed by atoms with E-state index in [1.165, 1.54) is 24.8 Å². The van der Waals surface area contributed by atoms with Gasteiger partial charge in [0.2, 0.25) is 0 Å². The van der Waals surface area contributed by atoms with Gasteiger partial charge in [-0.2, -0.15) is 0 Å². The quantitative estimate of drug-likeness (QED) is 0.731. The molecule has 3 nitrogen and oxygen atoms in total. The first-order chi connectivity index (χ1) is 8.24. The molecule has 17 heavy (non-hydrogen) atoms. The van der Waals surface area contributed by atoms with Crippen LogP contribution in [0.25, 0.3) is 0 Å². The molecule has 1 aromatic rings. The summed E-state index contributed by atoms with van der Waals surface area (Å²) in [4.78, 5) is 2.22. The first-order valence-corrected chi connectivity index (χ1v) is 6.23. The van der Waals surface area contributed by atoms with Crippen molar-refractivity contribution in [1.82, 2.24) is 10.1 Å². The third kappa shape index (κ3) is 3.77. The zero-order valence-corrected chi connectivity index (χ0v) is 10.6. The van der Waals surface area contributed by atoms with Crippen molar-refractivity contribution in [2.24, 2.45) is 0 Å². The fraction of sp³-hybridized carbons (Fsp3) is 0.500. The second-order valence-electron chi connectivity index (χ2n) is 4.72. The van der Waals surface area contributed by atoms with E-state index in [1.54, 1.807) is 0 Å². The summed E-state index contributed by atoms with van der Waals surface area (Å²) in [7, 11) is 2.11. The van der Waals surface area contributed by atoms with Gasteiger partial charge >= 0.3 is 0 Å². The van der Waals surface area contributed by atoms with Crippen LogP contribution in [-0.4, -0.2) is 23.6 Å². The fourth-order valence-corrected chi connectivity index (χ4v) is 2.10. The van der Waals surface area contributed by atoms with Crippen molar-refractivity contribution in [3.63, 3.8) is 0 Å². The topological polar surface area (TPSA) is 29.3 Å². The van der Waals surface area contributed by atoms with E-state index >= 15 is 0 Å². The number of unbranched alkanes of at least 4 members (excludes halogenated alkanes) is 1. The van der Waals surface area contributed by atoms with Crippen LogP contribution < -0.4 is 0 Å². The molecule has 0 N–H and O–H groups in total. The molecule has 1 aromatic heterocycles. The van der Waals surface area contributed by atoms with E-state index in [4.69, 9.17) is 4.52 Å². The summed E-state index contributed by atoms with van der Waals surface area (Å²) in [6, 6.07) is 2.02. The third-order valence-corrected chi connectivity index (χ3v) is 2.97. The molecule has 1 aliphatic heterocycles. The number of nitrogens with zero attached hydrogens (tertiary/aromatic N) is 2. The van der Waals surface area contributed by atoms with Crippen LogP contribution in [0.4, 0.5) is 0 Å². The minimum Gasteiger partial charge on any atom is -0.376 e. The van der Waals surface area contributed by atoms with Crippen LogP contribution in [0.2, 0.25) is 0 Å². The molecule has 2 rings (SSSR count). The molecule has 0 amide bonds. The van der Waals surface area contributed by atoms with Crippen molar-refractivity contribution in [1.29, 1.82) is 0 Å². The third-order valence-electron chi connectivity index (χ3n) is 2.97. The Balaban J connectivity index is 1.66. The molecule has 0 saturated heterocycles. The molecule has 3 heteroatoms. The van der Waals surface area contributed by atoms with Crippen LogP contribution in [0.15, 0.2) is 34.5 Å². The van der Waals surface area contributed by atoms with Gasteiger partial charge in [-0.1, -0.05) is 16.8 Å². The number of hydrogen-bond acceptors (Lipinski definition) is 3. The Bertz CT molecular complexity index is 418. The largest absolute Gasteiger partial charge is 0.376 e. The van der Waals surface area contributed by atoms with Crippen LogP contribution in [-0.2, 0) is 6.42 Å². The molecule has 0 aliphatic carbocycles. The lowest BCUT2D eigenvalue weighted by molar-refractivity contribution is 0.375. The Labute approximate surface area is 103 Å². The van der Waals surface area contributed by atoms with E-state index in [-0.39, 0.29) is 0 Å². The average molecular weight is 232 g/mol. The van der Waals surface area contributed by atoms with Gasteiger partial charge in [-0.25, -0.2) is 0 Å². The summed E-state index contributed by atoms with van der Waals surface area (Å²) in [5, 5.41) is 3.89. The molecule has 0 unspecified atom stereocenters. The lowest BCUT2D eigenvalue weighted by Crippen LogP contribution is -2.16. The number of allylic oxidation sites excluding steroid dienone is 2. The summed E-state index contributed by atoms with van der Waals surface area (Å²) in [5.41, 5.74) is 2.49. The van der Waals surface area contributed by atoms with Gasteiger partial charge < -0.3 is 9.42 Å². The smallest absolute Gasteiger partial charge is 0.136 e. The second kappa shape index (κ2) is 5.71. The van der Waals surface area contributed by atoms with Crippen LogP contribution in [0, 0.1) is 6.92 Å². The molecule has 0 aromatic carbocycles. The SMILES string of the molecule is Cc1cc(CCCCC2=CC=CN(C)C2)on1. The Morgan fingerprint density at radius 1 is 1.35 bits per heavy atom. The summed E-state index contributed by atoms with van der Waals surface area (Å²) in [5.74, 6) is 1.01. The van der Waals surface area contributed by atoms with Gasteiger partial charge in [0.1, 0.15) is 5.76 Å². The zero-order chi connectivity index (χ0) is 12.1. The number of hydrogen-bond donors (Lipinski definition) is 0. The van der Waals surface area contributed by atoms with Crippen LogP contribution in [0.3, 0.4) is 0 Å². The Morgan fingerprint density at radius 3 is 2.88 bits per heavy atom. The van der Waals surface area contributed by atoms with Crippen molar-refractivity contribution < 1.29 is 4.52 Å². The minimum absolute atomic E-state index is 0.974. The molecular weight excluding hydrogens is 212 g/mol. The lowest BCUT2D eigenvalue weighted by Gasteiger charge is -2.19. The van der Waals surface area contributed by atoms with E-state index in [1.807, 2.05) is 13.0 Å². The van der Waals surface area contributed by atoms with Crippen molar-refractivity contribution in [2.75, 3.05) is 13.6 Å². The maximum atomic E-state index is 5.19. The zero-order valence-electron chi connectivity index (χ0n) is 10.6. The maximum absolute atomic E-state index is 5.19. The van der Waals surface area contributed by atoms with Gasteiger partial charge in [0.05, 0.1) is 5.69 Å². The van der Waals surface area contributed by atoms with E-state index in [0.29, 0.717) is 0 Å². The van der Waals surface area contributed by atoms with E-state index in [0.717, 1.165) is 24.4 Å². The van der Waals surface area contributed by atoms with E-state index in [9.17, 15) is 0 Å². The first kappa shape index (κ1) is 12.0. The molecule has 2 heterocycles. The van der Waals surface area contributed by atoms with Crippen molar-refractivity contribution >= 4 is 0 Å². The van der Waals surface area contributed by atoms with Crippen LogP contribution in [0.5, 0.6) is 0 Å². The number of likely N-dealkylation sites (N-methyl/N-ethyl adjacent to an activating group) is 1. The molecule has 0 fully saturated rings. The standard InChI is InChI=1S/C14H20N2O/c1-12-10-14(17-15-12)8-4-3-6-13-7-5-9-16(2)11-13/h5,7,9-10H,3-4,6,8,11H2,1-2H3. The predicted molar refractivity (Wildman–Crippen MR) is 68.6 cm³/mol. The van der Waals surface area contributed by atoms with Gasteiger partial charge in [0.15, 0.2) is 0 Å². The Hall–Kier alpha value is -1.51. The summed E-state index contributed by atoms with van der Waals surface area (Å²) in [6.45, 7) is 3.03. The van der Waals surface area contributed by atoms with Crippen molar-refractivity contribution in [3.05, 3.63) is 41.4 Å². The summed E-state index contributed by atoms with van der Waals surface area (Å²) in [6.07, 6.45) is 11.0. The first-order valence-electron chi connectivity index (χ1n) is 6.23. The van der Waals surface area contributed by atoms with Gasteiger partial charge in [0, 0.05) is 26.1 Å². The highest BCUT2D eigenvalue weighted by Gasteiger charge is 2.04. The molecule has 92 valence electrons. The molecule has 0 saturated carbocycles. The molecular formula is C14H20N2O. The monoisotopic (exact) mass is 232 g/mol. The van der Waals surface area contributed by atoms with Gasteiger partial charge in [-0.15, -0.1) is 0 Å². The molecule has 0 atom stereocenters. The second-order valence-corrected chi connectivity index (χ2v) is 4.72. The highest BCUT2D eigenvalue weighted by molar-refractivity contribution is 5.18. The highest BCUT2D eigenvalue weighted by atomic mass is 16.5. The molecule has 0 radical (unpaired) electrons. The average Bonchev–Trinajstić information content (AvgIpc) is 2.71. The predicted octanol–water partition coefficient (Wildman–Crippen LogP) is 3.08. The van der Waals surface area contributed by atoms with Crippen molar-refractivity contribution in [3.8, 4) is 0 Å². The Morgan fingerprint density at radius 2 is 2.18 bits per heavy atom. The fourth-order valence-electron chi connectivity index (χ4n) is 2.10. The molecule has 0 spiro atoms. The number of aryl methyl sites for hydroxylation is 2. The maximum Gasteiger partial charge on any atom is 0.136 e. The van der Waals surface area contributed by atoms with Crippen molar-refractivity contribution in [2.45, 2.75) is 32.6 Å². The van der Waals surface area contributed by atoms with E-state index in [2.05, 4.69) is 35.5 Å².